The van der Waals surface area contributed by atoms with Gasteiger partial charge < -0.3 is 14.9 Å². The maximum atomic E-state index is 11.4. The van der Waals surface area contributed by atoms with Crippen LogP contribution in [0.3, 0.4) is 0 Å². The van der Waals surface area contributed by atoms with Gasteiger partial charge in [-0.3, -0.25) is 4.79 Å². The second-order valence-corrected chi connectivity index (χ2v) is 10.9. The molecule has 158 valence electrons. The van der Waals surface area contributed by atoms with Crippen LogP contribution in [0.4, 0.5) is 0 Å². The van der Waals surface area contributed by atoms with E-state index in [1.54, 1.807) is 0 Å². The van der Waals surface area contributed by atoms with Gasteiger partial charge in [0.2, 0.25) is 0 Å². The average Bonchev–Trinajstić information content (AvgIpc) is 2.97. The highest BCUT2D eigenvalue weighted by Gasteiger charge is 2.65. The zero-order chi connectivity index (χ0) is 20.4. The second kappa shape index (κ2) is 6.84. The summed E-state index contributed by atoms with van der Waals surface area (Å²) in [5, 5.41) is 22.5. The summed E-state index contributed by atoms with van der Waals surface area (Å²) in [6.45, 7) is 12.6. The fraction of sp³-hybridized carbons (Fsp3) is 0.875. The number of rotatable bonds is 2. The van der Waals surface area contributed by atoms with Gasteiger partial charge in [0.15, 0.2) is 0 Å². The molecule has 0 aromatic carbocycles. The van der Waals surface area contributed by atoms with Gasteiger partial charge in [0.25, 0.3) is 0 Å². The van der Waals surface area contributed by atoms with E-state index in [-0.39, 0.29) is 34.7 Å². The minimum Gasteiger partial charge on any atom is -0.463 e. The van der Waals surface area contributed by atoms with Crippen LogP contribution in [0.5, 0.6) is 0 Å². The Hall–Kier alpha value is -0.870. The van der Waals surface area contributed by atoms with E-state index < -0.39 is 12.2 Å². The van der Waals surface area contributed by atoms with Crippen molar-refractivity contribution in [2.45, 2.75) is 91.0 Å². The van der Waals surface area contributed by atoms with Crippen LogP contribution in [0, 0.1) is 40.4 Å². The minimum absolute atomic E-state index is 0.00421. The number of allylic oxidation sites excluding steroid dienone is 1. The topological polar surface area (TPSA) is 66.8 Å². The van der Waals surface area contributed by atoms with Crippen LogP contribution in [-0.2, 0) is 9.53 Å². The summed E-state index contributed by atoms with van der Waals surface area (Å²) < 4.78 is 5.49. The molecule has 4 rings (SSSR count). The lowest BCUT2D eigenvalue weighted by Crippen LogP contribution is -2.64. The molecular formula is C24H38O4. The second-order valence-electron chi connectivity index (χ2n) is 10.9. The maximum absolute atomic E-state index is 11.4. The Labute approximate surface area is 169 Å². The highest BCUT2D eigenvalue weighted by atomic mass is 16.5. The van der Waals surface area contributed by atoms with Gasteiger partial charge in [0.1, 0.15) is 6.10 Å². The van der Waals surface area contributed by atoms with Crippen LogP contribution in [0.25, 0.3) is 0 Å². The molecular weight excluding hydrogens is 352 g/mol. The van der Waals surface area contributed by atoms with Crippen LogP contribution in [0.15, 0.2) is 12.2 Å². The molecule has 0 aliphatic heterocycles. The van der Waals surface area contributed by atoms with Crippen LogP contribution < -0.4 is 0 Å². The van der Waals surface area contributed by atoms with Gasteiger partial charge in [-0.25, -0.2) is 0 Å². The molecule has 28 heavy (non-hydrogen) atoms. The van der Waals surface area contributed by atoms with E-state index in [2.05, 4.69) is 27.4 Å². The molecule has 4 fully saturated rings. The van der Waals surface area contributed by atoms with Crippen molar-refractivity contribution in [2.75, 3.05) is 0 Å². The highest BCUT2D eigenvalue weighted by Crippen LogP contribution is 2.68. The standard InChI is InChI=1S/C24H38O4/c1-13(2)16-6-7-17-20-18(9-11-23(16,17)4)24(5)10-8-15(28-14(3)25)12-19(24)21(26)22(20)27/h15-22,26-27H,1,6-12H2,2-5H3/t15-,16+,17?,18?,19?,20?,21+,22?,23+,24+/m0/s1. The summed E-state index contributed by atoms with van der Waals surface area (Å²) in [4.78, 5) is 11.4. The van der Waals surface area contributed by atoms with E-state index in [0.29, 0.717) is 24.2 Å². The van der Waals surface area contributed by atoms with Gasteiger partial charge in [0.05, 0.1) is 12.2 Å². The lowest BCUT2D eigenvalue weighted by atomic mass is 9.43. The van der Waals surface area contributed by atoms with Crippen molar-refractivity contribution in [3.05, 3.63) is 12.2 Å². The van der Waals surface area contributed by atoms with Gasteiger partial charge >= 0.3 is 5.97 Å². The monoisotopic (exact) mass is 390 g/mol. The average molecular weight is 391 g/mol. The van der Waals surface area contributed by atoms with Gasteiger partial charge in [-0.05, 0) is 92.3 Å². The molecule has 0 radical (unpaired) electrons. The predicted molar refractivity (Wildman–Crippen MR) is 108 cm³/mol. The molecule has 0 heterocycles. The summed E-state index contributed by atoms with van der Waals surface area (Å²) in [5.74, 6) is 1.36. The Morgan fingerprint density at radius 3 is 2.21 bits per heavy atom. The Bertz CT molecular complexity index is 659. The number of hydrogen-bond donors (Lipinski definition) is 2. The zero-order valence-electron chi connectivity index (χ0n) is 18.0. The van der Waals surface area contributed by atoms with E-state index >= 15 is 0 Å². The first-order valence-corrected chi connectivity index (χ1v) is 11.3. The van der Waals surface area contributed by atoms with E-state index in [9.17, 15) is 15.0 Å². The van der Waals surface area contributed by atoms with Crippen molar-refractivity contribution in [2.24, 2.45) is 40.4 Å². The molecule has 10 atom stereocenters. The first kappa shape index (κ1) is 20.4. The van der Waals surface area contributed by atoms with Gasteiger partial charge in [-0.15, -0.1) is 0 Å². The zero-order valence-corrected chi connectivity index (χ0v) is 18.0. The molecule has 4 aliphatic carbocycles. The Morgan fingerprint density at radius 2 is 1.57 bits per heavy atom. The van der Waals surface area contributed by atoms with Gasteiger partial charge in [-0.2, -0.15) is 0 Å². The van der Waals surface area contributed by atoms with Gasteiger partial charge in [0, 0.05) is 6.92 Å². The first-order valence-electron chi connectivity index (χ1n) is 11.3. The number of aliphatic hydroxyl groups excluding tert-OH is 2. The van der Waals surface area contributed by atoms with Crippen molar-refractivity contribution in [3.8, 4) is 0 Å². The van der Waals surface area contributed by atoms with Crippen LogP contribution in [-0.4, -0.2) is 34.5 Å². The van der Waals surface area contributed by atoms with E-state index in [0.717, 1.165) is 32.1 Å². The summed E-state index contributed by atoms with van der Waals surface area (Å²) >= 11 is 0. The number of carbonyl (C=O) groups excluding carboxylic acids is 1. The molecule has 5 unspecified atom stereocenters. The third-order valence-corrected chi connectivity index (χ3v) is 9.63. The van der Waals surface area contributed by atoms with Gasteiger partial charge in [-0.1, -0.05) is 26.0 Å². The first-order chi connectivity index (χ1) is 13.1. The van der Waals surface area contributed by atoms with Crippen LogP contribution in [0.2, 0.25) is 0 Å². The minimum atomic E-state index is -0.726. The quantitative estimate of drug-likeness (QED) is 0.550. The number of aliphatic hydroxyl groups is 2. The van der Waals surface area contributed by atoms with Crippen molar-refractivity contribution in [1.82, 2.24) is 0 Å². The molecule has 4 nitrogen and oxygen atoms in total. The number of hydrogen-bond acceptors (Lipinski definition) is 4. The van der Waals surface area contributed by atoms with E-state index in [4.69, 9.17) is 4.74 Å². The maximum Gasteiger partial charge on any atom is 0.302 e. The van der Waals surface area contributed by atoms with Crippen LogP contribution >= 0.6 is 0 Å². The molecule has 0 bridgehead atoms. The van der Waals surface area contributed by atoms with Crippen LogP contribution in [0.1, 0.15) is 72.6 Å². The van der Waals surface area contributed by atoms with Crippen molar-refractivity contribution < 1.29 is 19.7 Å². The summed E-state index contributed by atoms with van der Waals surface area (Å²) in [6, 6.07) is 0. The summed E-state index contributed by atoms with van der Waals surface area (Å²) in [5.41, 5.74) is 1.49. The Kier molecular flexibility index (Phi) is 4.98. The molecule has 0 amide bonds. The smallest absolute Gasteiger partial charge is 0.302 e. The molecule has 2 N–H and O–H groups in total. The third-order valence-electron chi connectivity index (χ3n) is 9.63. The Morgan fingerprint density at radius 1 is 0.929 bits per heavy atom. The Balaban J connectivity index is 1.64. The van der Waals surface area contributed by atoms with Crippen molar-refractivity contribution >= 4 is 5.97 Å². The fourth-order valence-electron chi connectivity index (χ4n) is 8.37. The lowest BCUT2D eigenvalue weighted by Gasteiger charge is -2.63. The predicted octanol–water partition coefficient (Wildman–Crippen LogP) is 4.09. The highest BCUT2D eigenvalue weighted by molar-refractivity contribution is 5.66. The number of fused-ring (bicyclic) bond motifs is 5. The fourth-order valence-corrected chi connectivity index (χ4v) is 8.37. The SMILES string of the molecule is C=C(C)[C@H]1CCC2C3C(O)[C@H](O)C4C[C@@H](OC(C)=O)CC[C@]4(C)C3CC[C@@]21C. The number of esters is 1. The third kappa shape index (κ3) is 2.81. The van der Waals surface area contributed by atoms with Crippen molar-refractivity contribution in [3.63, 3.8) is 0 Å². The normalized spacial score (nSPS) is 52.9. The van der Waals surface area contributed by atoms with Crippen molar-refractivity contribution in [1.29, 1.82) is 0 Å². The molecule has 0 saturated heterocycles. The lowest BCUT2D eigenvalue weighted by molar-refractivity contribution is -0.224. The largest absolute Gasteiger partial charge is 0.463 e. The summed E-state index contributed by atoms with van der Waals surface area (Å²) in [7, 11) is 0. The molecule has 4 heteroatoms. The van der Waals surface area contributed by atoms with E-state index in [1.807, 2.05) is 0 Å². The molecule has 4 aliphatic rings. The molecule has 0 aromatic heterocycles. The number of ether oxygens (including phenoxy) is 1. The molecule has 4 saturated carbocycles. The molecule has 0 aromatic rings. The van der Waals surface area contributed by atoms with E-state index in [1.165, 1.54) is 18.9 Å². The molecule has 0 spiro atoms. The summed E-state index contributed by atoms with van der Waals surface area (Å²) in [6.07, 6.45) is 5.60. The number of carbonyl (C=O) groups is 1.